The van der Waals surface area contributed by atoms with Crippen LogP contribution in [-0.2, 0) is 6.54 Å². The summed E-state index contributed by atoms with van der Waals surface area (Å²) >= 11 is 6.00. The van der Waals surface area contributed by atoms with E-state index in [2.05, 4.69) is 9.97 Å². The molecule has 3 heterocycles. The molecule has 6 nitrogen and oxygen atoms in total. The van der Waals surface area contributed by atoms with Gasteiger partial charge in [0.2, 0.25) is 0 Å². The second kappa shape index (κ2) is 4.70. The molecule has 0 unspecified atom stereocenters. The Morgan fingerprint density at radius 3 is 3.11 bits per heavy atom. The summed E-state index contributed by atoms with van der Waals surface area (Å²) in [4.78, 5) is 20.5. The third kappa shape index (κ3) is 2.23. The predicted molar refractivity (Wildman–Crippen MR) is 70.2 cm³/mol. The number of amides is 1. The number of nitrogens with zero attached hydrogens (tertiary/aromatic N) is 4. The molecular weight excluding hydrogens is 268 g/mol. The number of halogens is 1. The van der Waals surface area contributed by atoms with Crippen LogP contribution in [0.25, 0.3) is 11.0 Å². The maximum absolute atomic E-state index is 10.9. The van der Waals surface area contributed by atoms with Crippen molar-refractivity contribution in [3.05, 3.63) is 23.7 Å². The Morgan fingerprint density at radius 2 is 2.37 bits per heavy atom. The predicted octanol–water partition coefficient (Wildman–Crippen LogP) is 2.08. The van der Waals surface area contributed by atoms with E-state index in [0.717, 1.165) is 24.0 Å². The lowest BCUT2D eigenvalue weighted by Gasteiger charge is -2.13. The van der Waals surface area contributed by atoms with Crippen molar-refractivity contribution in [2.75, 3.05) is 13.1 Å². The fraction of sp³-hybridized carbons (Fsp3) is 0.417. The summed E-state index contributed by atoms with van der Waals surface area (Å²) in [6, 6.07) is 1.89. The van der Waals surface area contributed by atoms with Gasteiger partial charge in [-0.05, 0) is 18.4 Å². The monoisotopic (exact) mass is 280 g/mol. The topological polar surface area (TPSA) is 71.2 Å². The van der Waals surface area contributed by atoms with Gasteiger partial charge in [0.05, 0.1) is 5.39 Å². The molecule has 3 rings (SSSR count). The van der Waals surface area contributed by atoms with E-state index in [4.69, 9.17) is 16.7 Å². The summed E-state index contributed by atoms with van der Waals surface area (Å²) in [5.74, 6) is 0.320. The van der Waals surface area contributed by atoms with E-state index in [-0.39, 0.29) is 0 Å². The zero-order valence-electron chi connectivity index (χ0n) is 10.2. The number of hydrogen-bond acceptors (Lipinski definition) is 3. The maximum atomic E-state index is 10.9. The van der Waals surface area contributed by atoms with Gasteiger partial charge in [-0.15, -0.1) is 0 Å². The first-order valence-electron chi connectivity index (χ1n) is 6.08. The first kappa shape index (κ1) is 12.2. The highest BCUT2D eigenvalue weighted by Gasteiger charge is 2.26. The normalized spacial score (nSPS) is 19.2. The molecule has 100 valence electrons. The molecule has 1 saturated heterocycles. The molecule has 1 amide bonds. The molecule has 1 aliphatic rings. The summed E-state index contributed by atoms with van der Waals surface area (Å²) in [5, 5.41) is 10.2. The summed E-state index contributed by atoms with van der Waals surface area (Å²) in [5.41, 5.74) is 0.800. The first-order chi connectivity index (χ1) is 9.15. The lowest BCUT2D eigenvalue weighted by molar-refractivity contribution is 0.153. The quantitative estimate of drug-likeness (QED) is 0.855. The van der Waals surface area contributed by atoms with Crippen LogP contribution in [0, 0.1) is 5.92 Å². The maximum Gasteiger partial charge on any atom is 0.407 e. The van der Waals surface area contributed by atoms with E-state index in [0.29, 0.717) is 24.2 Å². The number of carboxylic acid groups (broad SMARTS) is 1. The van der Waals surface area contributed by atoms with Gasteiger partial charge in [0.15, 0.2) is 0 Å². The van der Waals surface area contributed by atoms with Crippen molar-refractivity contribution in [1.82, 2.24) is 19.4 Å². The third-order valence-corrected chi connectivity index (χ3v) is 3.82. The van der Waals surface area contributed by atoms with E-state index < -0.39 is 6.09 Å². The summed E-state index contributed by atoms with van der Waals surface area (Å²) < 4.78 is 2.01. The van der Waals surface area contributed by atoms with Crippen LogP contribution in [-0.4, -0.2) is 43.7 Å². The molecule has 0 saturated carbocycles. The minimum atomic E-state index is -0.842. The van der Waals surface area contributed by atoms with Crippen LogP contribution < -0.4 is 0 Å². The van der Waals surface area contributed by atoms with E-state index >= 15 is 0 Å². The average molecular weight is 281 g/mol. The summed E-state index contributed by atoms with van der Waals surface area (Å²) in [6.45, 7) is 1.93. The Bertz CT molecular complexity index is 627. The molecule has 1 atom stereocenters. The Hall–Kier alpha value is -1.82. The summed E-state index contributed by atoms with van der Waals surface area (Å²) in [6.07, 6.45) is 3.41. The Balaban J connectivity index is 1.79. The average Bonchev–Trinajstić information content (AvgIpc) is 2.98. The first-order valence-corrected chi connectivity index (χ1v) is 6.46. The van der Waals surface area contributed by atoms with Gasteiger partial charge in [-0.25, -0.2) is 14.8 Å². The second-order valence-electron chi connectivity index (χ2n) is 4.75. The Kier molecular flexibility index (Phi) is 3.02. The van der Waals surface area contributed by atoms with E-state index in [1.165, 1.54) is 11.2 Å². The lowest BCUT2D eigenvalue weighted by Crippen LogP contribution is -2.27. The van der Waals surface area contributed by atoms with Gasteiger partial charge in [-0.1, -0.05) is 11.6 Å². The molecule has 1 fully saturated rings. The number of rotatable bonds is 2. The summed E-state index contributed by atoms with van der Waals surface area (Å²) in [7, 11) is 0. The largest absolute Gasteiger partial charge is 0.465 e. The highest BCUT2D eigenvalue weighted by atomic mass is 35.5. The zero-order valence-corrected chi connectivity index (χ0v) is 10.9. The third-order valence-electron chi connectivity index (χ3n) is 3.52. The molecule has 1 aliphatic heterocycles. The molecule has 1 N–H and O–H groups in total. The van der Waals surface area contributed by atoms with Gasteiger partial charge in [0, 0.05) is 25.8 Å². The van der Waals surface area contributed by atoms with Crippen LogP contribution in [0.1, 0.15) is 6.42 Å². The second-order valence-corrected chi connectivity index (χ2v) is 5.11. The van der Waals surface area contributed by atoms with Crippen LogP contribution in [0.5, 0.6) is 0 Å². The van der Waals surface area contributed by atoms with Crippen LogP contribution >= 0.6 is 11.6 Å². The molecule has 7 heteroatoms. The van der Waals surface area contributed by atoms with Crippen molar-refractivity contribution in [2.24, 2.45) is 5.92 Å². The molecule has 0 aliphatic carbocycles. The number of aromatic nitrogens is 3. The van der Waals surface area contributed by atoms with E-state index in [1.54, 1.807) is 0 Å². The number of likely N-dealkylation sites (tertiary alicyclic amines) is 1. The molecule has 0 spiro atoms. The highest BCUT2D eigenvalue weighted by molar-refractivity contribution is 6.33. The molecular formula is C12H13ClN4O2. The van der Waals surface area contributed by atoms with Crippen molar-refractivity contribution >= 4 is 28.7 Å². The SMILES string of the molecule is O=C(O)N1CC[C@H](Cn2ccc3c(Cl)ncnc32)C1. The number of fused-ring (bicyclic) bond motifs is 1. The zero-order chi connectivity index (χ0) is 13.4. The van der Waals surface area contributed by atoms with Gasteiger partial charge in [0.25, 0.3) is 0 Å². The molecule has 0 aromatic carbocycles. The van der Waals surface area contributed by atoms with Crippen molar-refractivity contribution in [1.29, 1.82) is 0 Å². The lowest BCUT2D eigenvalue weighted by atomic mass is 10.1. The minimum Gasteiger partial charge on any atom is -0.465 e. The van der Waals surface area contributed by atoms with Gasteiger partial charge in [-0.2, -0.15) is 0 Å². The van der Waals surface area contributed by atoms with Crippen LogP contribution in [0.4, 0.5) is 4.79 Å². The standard InChI is InChI=1S/C12H13ClN4O2/c13-10-9-2-4-16(11(9)15-7-14-10)5-8-1-3-17(6-8)12(18)19/h2,4,7-8H,1,3,5-6H2,(H,18,19)/t8-/m1/s1. The molecule has 0 bridgehead atoms. The fourth-order valence-corrected chi connectivity index (χ4v) is 2.74. The van der Waals surface area contributed by atoms with Crippen molar-refractivity contribution < 1.29 is 9.90 Å². The number of carbonyl (C=O) groups is 1. The molecule has 0 radical (unpaired) electrons. The van der Waals surface area contributed by atoms with Crippen molar-refractivity contribution in [3.8, 4) is 0 Å². The van der Waals surface area contributed by atoms with Gasteiger partial charge in [0.1, 0.15) is 17.1 Å². The minimum absolute atomic E-state index is 0.320. The molecule has 2 aromatic rings. The molecule has 19 heavy (non-hydrogen) atoms. The van der Waals surface area contributed by atoms with Crippen molar-refractivity contribution in [2.45, 2.75) is 13.0 Å². The fourth-order valence-electron chi connectivity index (χ4n) is 2.55. The van der Waals surface area contributed by atoms with Gasteiger partial charge >= 0.3 is 6.09 Å². The Morgan fingerprint density at radius 1 is 1.53 bits per heavy atom. The number of hydrogen-bond donors (Lipinski definition) is 1. The van der Waals surface area contributed by atoms with Crippen LogP contribution in [0.15, 0.2) is 18.6 Å². The molecule has 2 aromatic heterocycles. The highest BCUT2D eigenvalue weighted by Crippen LogP contribution is 2.23. The smallest absolute Gasteiger partial charge is 0.407 e. The van der Waals surface area contributed by atoms with Gasteiger partial charge in [-0.3, -0.25) is 0 Å². The van der Waals surface area contributed by atoms with Crippen LogP contribution in [0.2, 0.25) is 5.15 Å². The van der Waals surface area contributed by atoms with Crippen molar-refractivity contribution in [3.63, 3.8) is 0 Å². The van der Waals surface area contributed by atoms with Gasteiger partial charge < -0.3 is 14.6 Å². The van der Waals surface area contributed by atoms with E-state index in [1.807, 2.05) is 16.8 Å². The van der Waals surface area contributed by atoms with E-state index in [9.17, 15) is 4.79 Å². The van der Waals surface area contributed by atoms with Crippen LogP contribution in [0.3, 0.4) is 0 Å². The Labute approximate surface area is 114 Å².